The summed E-state index contributed by atoms with van der Waals surface area (Å²) in [5, 5.41) is 9.00. The first-order chi connectivity index (χ1) is 8.33. The number of nitrogens with one attached hydrogen (secondary N) is 1. The van der Waals surface area contributed by atoms with Crippen LogP contribution in [0.25, 0.3) is 10.6 Å². The summed E-state index contributed by atoms with van der Waals surface area (Å²) in [7, 11) is 2.17. The lowest BCUT2D eigenvalue weighted by Gasteiger charge is -2.29. The molecule has 1 N–H and O–H groups in total. The van der Waals surface area contributed by atoms with Crippen LogP contribution in [0.3, 0.4) is 0 Å². The highest BCUT2D eigenvalue weighted by molar-refractivity contribution is 7.14. The van der Waals surface area contributed by atoms with E-state index in [4.69, 9.17) is 4.98 Å². The van der Waals surface area contributed by atoms with Gasteiger partial charge in [-0.2, -0.15) is 0 Å². The highest BCUT2D eigenvalue weighted by Gasteiger charge is 2.21. The number of hydrogen-bond acceptors (Lipinski definition) is 5. The Hall–Kier alpha value is -0.750. The van der Waals surface area contributed by atoms with Crippen LogP contribution in [0.4, 0.5) is 0 Å². The second-order valence-corrected chi connectivity index (χ2v) is 6.15. The Bertz CT molecular complexity index is 478. The number of piperazine rings is 1. The molecule has 1 atom stereocenters. The molecule has 0 radical (unpaired) electrons. The molecular weight excluding hydrogens is 250 g/mol. The summed E-state index contributed by atoms with van der Waals surface area (Å²) in [6.45, 7) is 3.23. The first-order valence-electron chi connectivity index (χ1n) is 5.74. The largest absolute Gasteiger partial charge is 0.306 e. The van der Waals surface area contributed by atoms with E-state index < -0.39 is 0 Å². The van der Waals surface area contributed by atoms with Gasteiger partial charge in [0.05, 0.1) is 16.6 Å². The maximum absolute atomic E-state index is 4.75. The summed E-state index contributed by atoms with van der Waals surface area (Å²) < 4.78 is 0. The summed E-state index contributed by atoms with van der Waals surface area (Å²) in [6, 6.07) is 4.60. The van der Waals surface area contributed by atoms with Gasteiger partial charge in [-0.05, 0) is 18.5 Å². The first-order valence-corrected chi connectivity index (χ1v) is 7.50. The van der Waals surface area contributed by atoms with Crippen molar-refractivity contribution < 1.29 is 0 Å². The van der Waals surface area contributed by atoms with E-state index in [0.717, 1.165) is 25.3 Å². The van der Waals surface area contributed by atoms with Crippen molar-refractivity contribution in [1.82, 2.24) is 15.2 Å². The van der Waals surface area contributed by atoms with E-state index >= 15 is 0 Å². The van der Waals surface area contributed by atoms with Crippen molar-refractivity contribution >= 4 is 22.7 Å². The molecule has 3 heterocycles. The molecule has 0 amide bonds. The number of thiophene rings is 1. The van der Waals surface area contributed by atoms with Gasteiger partial charge in [-0.25, -0.2) is 4.98 Å². The normalized spacial score (nSPS) is 21.8. The van der Waals surface area contributed by atoms with Crippen molar-refractivity contribution in [1.29, 1.82) is 0 Å². The fraction of sp³-hybridized carbons (Fsp3) is 0.417. The minimum atomic E-state index is 0.396. The fourth-order valence-electron chi connectivity index (χ4n) is 2.05. The van der Waals surface area contributed by atoms with E-state index in [9.17, 15) is 0 Å². The molecule has 0 bridgehead atoms. The van der Waals surface area contributed by atoms with Gasteiger partial charge in [0.1, 0.15) is 5.01 Å². The van der Waals surface area contributed by atoms with Crippen LogP contribution in [0.2, 0.25) is 0 Å². The molecule has 1 fully saturated rings. The summed E-state index contributed by atoms with van der Waals surface area (Å²) in [4.78, 5) is 8.37. The fourth-order valence-corrected chi connectivity index (χ4v) is 3.69. The van der Waals surface area contributed by atoms with Gasteiger partial charge >= 0.3 is 0 Å². The quantitative estimate of drug-likeness (QED) is 0.904. The molecule has 0 aliphatic carbocycles. The molecule has 3 rings (SSSR count). The minimum absolute atomic E-state index is 0.396. The molecular formula is C12H15N3S2. The van der Waals surface area contributed by atoms with E-state index in [1.54, 1.807) is 22.7 Å². The molecule has 1 aliphatic heterocycles. The Kier molecular flexibility index (Phi) is 3.24. The monoisotopic (exact) mass is 265 g/mol. The molecule has 1 saturated heterocycles. The second-order valence-electron chi connectivity index (χ2n) is 4.32. The number of hydrogen-bond donors (Lipinski definition) is 1. The summed E-state index contributed by atoms with van der Waals surface area (Å²) in [5.74, 6) is 0. The first kappa shape index (κ1) is 11.3. The highest BCUT2D eigenvalue weighted by Crippen LogP contribution is 2.29. The van der Waals surface area contributed by atoms with Crippen molar-refractivity contribution in [2.24, 2.45) is 0 Å². The molecule has 1 aliphatic rings. The van der Waals surface area contributed by atoms with E-state index in [-0.39, 0.29) is 0 Å². The van der Waals surface area contributed by atoms with Gasteiger partial charge in [0.15, 0.2) is 0 Å². The third-order valence-corrected chi connectivity index (χ3v) is 4.82. The van der Waals surface area contributed by atoms with Crippen molar-refractivity contribution in [2.75, 3.05) is 26.7 Å². The second kappa shape index (κ2) is 4.86. The van der Waals surface area contributed by atoms with Gasteiger partial charge < -0.3 is 10.2 Å². The molecule has 0 saturated carbocycles. The SMILES string of the molecule is CN1CCNC(c2nc(-c3cccs3)cs2)C1. The van der Waals surface area contributed by atoms with Gasteiger partial charge in [-0.1, -0.05) is 6.07 Å². The van der Waals surface area contributed by atoms with Crippen LogP contribution in [0.1, 0.15) is 11.0 Å². The van der Waals surface area contributed by atoms with Crippen molar-refractivity contribution in [2.45, 2.75) is 6.04 Å². The molecule has 1 unspecified atom stereocenters. The minimum Gasteiger partial charge on any atom is -0.306 e. The van der Waals surface area contributed by atoms with Crippen LogP contribution in [0.5, 0.6) is 0 Å². The smallest absolute Gasteiger partial charge is 0.112 e. The van der Waals surface area contributed by atoms with Crippen molar-refractivity contribution in [3.8, 4) is 10.6 Å². The van der Waals surface area contributed by atoms with Crippen LogP contribution < -0.4 is 5.32 Å². The molecule has 90 valence electrons. The van der Waals surface area contributed by atoms with Crippen LogP contribution in [-0.4, -0.2) is 36.6 Å². The average Bonchev–Trinajstić information content (AvgIpc) is 3.00. The van der Waals surface area contributed by atoms with Crippen molar-refractivity contribution in [3.63, 3.8) is 0 Å². The predicted molar refractivity (Wildman–Crippen MR) is 73.7 cm³/mol. The standard InChI is InChI=1S/C12H15N3S2/c1-15-5-4-13-9(7-15)12-14-10(8-17-12)11-3-2-6-16-11/h2-3,6,8-9,13H,4-5,7H2,1H3. The maximum Gasteiger partial charge on any atom is 0.112 e. The lowest BCUT2D eigenvalue weighted by atomic mass is 10.2. The Balaban J connectivity index is 1.80. The van der Waals surface area contributed by atoms with Crippen LogP contribution in [0.15, 0.2) is 22.9 Å². The Morgan fingerprint density at radius 3 is 3.18 bits per heavy atom. The van der Waals surface area contributed by atoms with Crippen LogP contribution in [0, 0.1) is 0 Å². The van der Waals surface area contributed by atoms with E-state index in [0.29, 0.717) is 6.04 Å². The van der Waals surface area contributed by atoms with E-state index in [2.05, 4.69) is 40.2 Å². The van der Waals surface area contributed by atoms with E-state index in [1.807, 2.05) is 0 Å². The third kappa shape index (κ3) is 2.42. The molecule has 2 aromatic heterocycles. The Morgan fingerprint density at radius 2 is 2.41 bits per heavy atom. The highest BCUT2D eigenvalue weighted by atomic mass is 32.1. The number of aromatic nitrogens is 1. The molecule has 3 nitrogen and oxygen atoms in total. The summed E-state index contributed by atoms with van der Waals surface area (Å²) in [6.07, 6.45) is 0. The van der Waals surface area contributed by atoms with Crippen LogP contribution in [-0.2, 0) is 0 Å². The molecule has 17 heavy (non-hydrogen) atoms. The number of thiazole rings is 1. The Morgan fingerprint density at radius 1 is 1.47 bits per heavy atom. The zero-order valence-corrected chi connectivity index (χ0v) is 11.4. The van der Waals surface area contributed by atoms with Gasteiger partial charge in [0.2, 0.25) is 0 Å². The lowest BCUT2D eigenvalue weighted by molar-refractivity contribution is 0.240. The predicted octanol–water partition coefficient (Wildman–Crippen LogP) is 2.45. The number of rotatable bonds is 2. The van der Waals surface area contributed by atoms with E-state index in [1.165, 1.54) is 9.88 Å². The molecule has 0 aromatic carbocycles. The lowest BCUT2D eigenvalue weighted by Crippen LogP contribution is -2.43. The Labute approximate surface area is 109 Å². The zero-order valence-electron chi connectivity index (χ0n) is 9.72. The molecule has 0 spiro atoms. The van der Waals surface area contributed by atoms with Crippen LogP contribution >= 0.6 is 22.7 Å². The molecule has 2 aromatic rings. The topological polar surface area (TPSA) is 28.2 Å². The summed E-state index contributed by atoms with van der Waals surface area (Å²) >= 11 is 3.51. The van der Waals surface area contributed by atoms with Crippen molar-refractivity contribution in [3.05, 3.63) is 27.9 Å². The average molecular weight is 265 g/mol. The molecule has 5 heteroatoms. The third-order valence-electron chi connectivity index (χ3n) is 2.97. The number of likely N-dealkylation sites (N-methyl/N-ethyl adjacent to an activating group) is 1. The van der Waals surface area contributed by atoms with Gasteiger partial charge in [0, 0.05) is 25.0 Å². The number of nitrogens with zero attached hydrogens (tertiary/aromatic N) is 2. The summed E-state index contributed by atoms with van der Waals surface area (Å²) in [5.41, 5.74) is 1.12. The maximum atomic E-state index is 4.75. The zero-order chi connectivity index (χ0) is 11.7. The van der Waals surface area contributed by atoms with Gasteiger partial charge in [0.25, 0.3) is 0 Å². The van der Waals surface area contributed by atoms with Gasteiger partial charge in [-0.3, -0.25) is 0 Å². The van der Waals surface area contributed by atoms with Gasteiger partial charge in [-0.15, -0.1) is 22.7 Å².